The second kappa shape index (κ2) is 5.54. The minimum absolute atomic E-state index is 0.163. The van der Waals surface area contributed by atoms with Crippen molar-refractivity contribution in [2.24, 2.45) is 0 Å². The molecule has 1 aliphatic carbocycles. The van der Waals surface area contributed by atoms with Crippen LogP contribution in [0, 0.1) is 5.82 Å². The van der Waals surface area contributed by atoms with Gasteiger partial charge in [0.2, 0.25) is 0 Å². The number of amides is 1. The molecule has 0 bridgehead atoms. The molecule has 1 aliphatic rings. The van der Waals surface area contributed by atoms with Crippen molar-refractivity contribution >= 4 is 35.0 Å². The van der Waals surface area contributed by atoms with Crippen LogP contribution in [0.4, 0.5) is 9.52 Å². The van der Waals surface area contributed by atoms with Crippen molar-refractivity contribution in [2.75, 3.05) is 5.32 Å². The van der Waals surface area contributed by atoms with Gasteiger partial charge in [0.15, 0.2) is 5.13 Å². The Morgan fingerprint density at radius 1 is 1.35 bits per heavy atom. The molecule has 0 atom stereocenters. The van der Waals surface area contributed by atoms with Crippen molar-refractivity contribution in [3.63, 3.8) is 0 Å². The molecular formula is C14H13FN2OS2. The van der Waals surface area contributed by atoms with Gasteiger partial charge < -0.3 is 0 Å². The van der Waals surface area contributed by atoms with E-state index in [0.29, 0.717) is 10.7 Å². The van der Waals surface area contributed by atoms with Gasteiger partial charge in [0.1, 0.15) is 5.82 Å². The lowest BCUT2D eigenvalue weighted by atomic mass is 10.0. The number of hydrogen-bond acceptors (Lipinski definition) is 4. The quantitative estimate of drug-likeness (QED) is 0.831. The number of hydrogen-bond donors (Lipinski definition) is 2. The van der Waals surface area contributed by atoms with Crippen LogP contribution in [0.2, 0.25) is 0 Å². The van der Waals surface area contributed by atoms with Gasteiger partial charge in [-0.05, 0) is 43.9 Å². The third-order valence-electron chi connectivity index (χ3n) is 3.27. The maximum atomic E-state index is 13.1. The Labute approximate surface area is 125 Å². The first-order valence-corrected chi connectivity index (χ1v) is 7.68. The normalized spacial score (nSPS) is 13.9. The highest BCUT2D eigenvalue weighted by atomic mass is 32.1. The summed E-state index contributed by atoms with van der Waals surface area (Å²) in [5, 5.41) is 3.39. The number of halogens is 1. The molecule has 0 unspecified atom stereocenters. The molecule has 0 radical (unpaired) electrons. The second-order valence-electron chi connectivity index (χ2n) is 4.72. The summed E-state index contributed by atoms with van der Waals surface area (Å²) in [6, 6.07) is 4.10. The fourth-order valence-corrected chi connectivity index (χ4v) is 3.49. The fourth-order valence-electron chi connectivity index (χ4n) is 2.23. The van der Waals surface area contributed by atoms with Crippen LogP contribution in [0.5, 0.6) is 0 Å². The van der Waals surface area contributed by atoms with Gasteiger partial charge >= 0.3 is 0 Å². The molecule has 1 heterocycles. The molecule has 0 saturated heterocycles. The molecular weight excluding hydrogens is 295 g/mol. The number of thiol groups is 1. The van der Waals surface area contributed by atoms with Crippen molar-refractivity contribution in [2.45, 2.75) is 30.6 Å². The number of nitrogens with one attached hydrogen (secondary N) is 1. The lowest BCUT2D eigenvalue weighted by Crippen LogP contribution is -2.12. The summed E-state index contributed by atoms with van der Waals surface area (Å²) in [5.74, 6) is -0.721. The summed E-state index contributed by atoms with van der Waals surface area (Å²) in [4.78, 5) is 18.0. The van der Waals surface area contributed by atoms with Crippen LogP contribution in [-0.2, 0) is 12.8 Å². The number of benzene rings is 1. The van der Waals surface area contributed by atoms with Crippen LogP contribution < -0.4 is 5.32 Å². The lowest BCUT2D eigenvalue weighted by Gasteiger charge is -2.06. The molecule has 20 heavy (non-hydrogen) atoms. The maximum absolute atomic E-state index is 13.1. The zero-order valence-corrected chi connectivity index (χ0v) is 12.4. The van der Waals surface area contributed by atoms with Gasteiger partial charge in [0.05, 0.1) is 5.69 Å². The van der Waals surface area contributed by atoms with Crippen LogP contribution in [0.1, 0.15) is 33.8 Å². The number of aryl methyl sites for hydroxylation is 2. The monoisotopic (exact) mass is 308 g/mol. The zero-order chi connectivity index (χ0) is 14.1. The molecule has 0 saturated carbocycles. The van der Waals surface area contributed by atoms with Gasteiger partial charge in [-0.3, -0.25) is 10.1 Å². The van der Waals surface area contributed by atoms with E-state index in [1.807, 2.05) is 0 Å². The number of carbonyl (C=O) groups excluding carboxylic acids is 1. The van der Waals surface area contributed by atoms with E-state index in [2.05, 4.69) is 22.9 Å². The Hall–Kier alpha value is -1.40. The predicted octanol–water partition coefficient (Wildman–Crippen LogP) is 3.70. The van der Waals surface area contributed by atoms with E-state index in [1.165, 1.54) is 40.8 Å². The topological polar surface area (TPSA) is 42.0 Å². The van der Waals surface area contributed by atoms with E-state index < -0.39 is 5.82 Å². The smallest absolute Gasteiger partial charge is 0.257 e. The summed E-state index contributed by atoms with van der Waals surface area (Å²) >= 11 is 5.51. The first-order chi connectivity index (χ1) is 9.63. The van der Waals surface area contributed by atoms with Crippen LogP contribution in [0.3, 0.4) is 0 Å². The largest absolute Gasteiger partial charge is 0.298 e. The number of fused-ring (bicyclic) bond motifs is 1. The van der Waals surface area contributed by atoms with E-state index in [0.717, 1.165) is 25.0 Å². The Kier molecular flexibility index (Phi) is 3.76. The zero-order valence-electron chi connectivity index (χ0n) is 10.6. The number of thiazole rings is 1. The van der Waals surface area contributed by atoms with E-state index in [-0.39, 0.29) is 10.8 Å². The van der Waals surface area contributed by atoms with Gasteiger partial charge in [-0.1, -0.05) is 0 Å². The SMILES string of the molecule is O=C(Nc1nc2c(s1)CCCC2)c1ccc(F)c(S)c1. The summed E-state index contributed by atoms with van der Waals surface area (Å²) in [6.07, 6.45) is 4.37. The maximum Gasteiger partial charge on any atom is 0.257 e. The van der Waals surface area contributed by atoms with Crippen molar-refractivity contribution < 1.29 is 9.18 Å². The van der Waals surface area contributed by atoms with Crippen molar-refractivity contribution in [1.29, 1.82) is 0 Å². The van der Waals surface area contributed by atoms with Gasteiger partial charge in [-0.2, -0.15) is 0 Å². The molecule has 104 valence electrons. The molecule has 1 N–H and O–H groups in total. The van der Waals surface area contributed by atoms with E-state index in [9.17, 15) is 9.18 Å². The third-order valence-corrected chi connectivity index (χ3v) is 4.69. The Morgan fingerprint density at radius 2 is 2.15 bits per heavy atom. The molecule has 3 nitrogen and oxygen atoms in total. The Balaban J connectivity index is 1.78. The summed E-state index contributed by atoms with van der Waals surface area (Å²) < 4.78 is 13.1. The average molecular weight is 308 g/mol. The average Bonchev–Trinajstić information content (AvgIpc) is 2.83. The predicted molar refractivity (Wildman–Crippen MR) is 80.4 cm³/mol. The molecule has 1 aromatic carbocycles. The molecule has 6 heteroatoms. The fraction of sp³-hybridized carbons (Fsp3) is 0.286. The van der Waals surface area contributed by atoms with Crippen LogP contribution >= 0.6 is 24.0 Å². The molecule has 0 fully saturated rings. The Bertz CT molecular complexity index is 646. The van der Waals surface area contributed by atoms with Crippen LogP contribution in [0.15, 0.2) is 23.1 Å². The number of nitrogens with zero attached hydrogens (tertiary/aromatic N) is 1. The van der Waals surface area contributed by atoms with E-state index in [1.54, 1.807) is 0 Å². The highest BCUT2D eigenvalue weighted by molar-refractivity contribution is 7.80. The molecule has 1 amide bonds. The minimum atomic E-state index is -0.436. The molecule has 0 spiro atoms. The number of rotatable bonds is 2. The highest BCUT2D eigenvalue weighted by Gasteiger charge is 2.17. The highest BCUT2D eigenvalue weighted by Crippen LogP contribution is 2.29. The van der Waals surface area contributed by atoms with Crippen molar-refractivity contribution in [3.8, 4) is 0 Å². The number of anilines is 1. The van der Waals surface area contributed by atoms with E-state index in [4.69, 9.17) is 0 Å². The standard InChI is InChI=1S/C14H13FN2OS2/c15-9-6-5-8(7-11(9)19)13(18)17-14-16-10-3-1-2-4-12(10)20-14/h5-7,19H,1-4H2,(H,16,17,18). The van der Waals surface area contributed by atoms with E-state index >= 15 is 0 Å². The van der Waals surface area contributed by atoms with Crippen molar-refractivity contribution in [1.82, 2.24) is 4.98 Å². The van der Waals surface area contributed by atoms with Gasteiger partial charge in [-0.25, -0.2) is 9.37 Å². The molecule has 1 aromatic heterocycles. The second-order valence-corrected chi connectivity index (χ2v) is 6.28. The molecule has 0 aliphatic heterocycles. The third kappa shape index (κ3) is 2.71. The molecule has 2 aromatic rings. The van der Waals surface area contributed by atoms with Gasteiger partial charge in [-0.15, -0.1) is 24.0 Å². The first kappa shape index (κ1) is 13.6. The summed E-state index contributed by atoms with van der Waals surface area (Å²) in [5.41, 5.74) is 1.48. The molecule has 3 rings (SSSR count). The Morgan fingerprint density at radius 3 is 2.90 bits per heavy atom. The summed E-state index contributed by atoms with van der Waals surface area (Å²) in [7, 11) is 0. The summed E-state index contributed by atoms with van der Waals surface area (Å²) in [6.45, 7) is 0. The number of carbonyl (C=O) groups is 1. The first-order valence-electron chi connectivity index (χ1n) is 6.42. The van der Waals surface area contributed by atoms with Crippen molar-refractivity contribution in [3.05, 3.63) is 40.2 Å². The van der Waals surface area contributed by atoms with Gasteiger partial charge in [0.25, 0.3) is 5.91 Å². The number of aromatic nitrogens is 1. The van der Waals surface area contributed by atoms with Crippen LogP contribution in [0.25, 0.3) is 0 Å². The lowest BCUT2D eigenvalue weighted by molar-refractivity contribution is 0.102. The van der Waals surface area contributed by atoms with Crippen LogP contribution in [-0.4, -0.2) is 10.9 Å². The van der Waals surface area contributed by atoms with Gasteiger partial charge in [0, 0.05) is 15.3 Å². The minimum Gasteiger partial charge on any atom is -0.298 e.